The lowest BCUT2D eigenvalue weighted by molar-refractivity contribution is -0.137. The third-order valence-corrected chi connectivity index (χ3v) is 6.28. The summed E-state index contributed by atoms with van der Waals surface area (Å²) in [6.45, 7) is 0.602. The molecule has 1 amide bonds. The Labute approximate surface area is 155 Å². The van der Waals surface area contributed by atoms with Gasteiger partial charge in [-0.05, 0) is 36.4 Å². The molecule has 27 heavy (non-hydrogen) atoms. The first-order valence-corrected chi connectivity index (χ1v) is 9.65. The molecule has 0 saturated carbocycles. The van der Waals surface area contributed by atoms with Crippen molar-refractivity contribution in [1.29, 1.82) is 0 Å². The van der Waals surface area contributed by atoms with Gasteiger partial charge in [-0.3, -0.25) is 4.79 Å². The smallest absolute Gasteiger partial charge is 0.336 e. The zero-order chi connectivity index (χ0) is 19.7. The van der Waals surface area contributed by atoms with E-state index >= 15 is 0 Å². The molecule has 0 bridgehead atoms. The topological polar surface area (TPSA) is 57.7 Å². The molecule has 0 spiro atoms. The molecule has 1 heterocycles. The van der Waals surface area contributed by atoms with Crippen LogP contribution in [0.25, 0.3) is 0 Å². The van der Waals surface area contributed by atoms with Gasteiger partial charge >= 0.3 is 6.18 Å². The molecule has 0 unspecified atom stereocenters. The minimum atomic E-state index is -4.52. The first-order chi connectivity index (χ1) is 12.7. The molecule has 5 nitrogen and oxygen atoms in total. The van der Waals surface area contributed by atoms with Gasteiger partial charge in [0, 0.05) is 31.7 Å². The summed E-state index contributed by atoms with van der Waals surface area (Å²) >= 11 is 0. The number of nitrogens with zero attached hydrogens (tertiary/aromatic N) is 2. The van der Waals surface area contributed by atoms with Crippen molar-refractivity contribution in [1.82, 2.24) is 9.21 Å². The van der Waals surface area contributed by atoms with Crippen LogP contribution in [0.2, 0.25) is 0 Å². The summed E-state index contributed by atoms with van der Waals surface area (Å²) in [5.74, 6) is -0.179. The highest BCUT2D eigenvalue weighted by molar-refractivity contribution is 7.89. The van der Waals surface area contributed by atoms with Crippen LogP contribution in [0.3, 0.4) is 0 Å². The zero-order valence-electron chi connectivity index (χ0n) is 14.2. The third kappa shape index (κ3) is 4.14. The monoisotopic (exact) mass is 398 g/mol. The van der Waals surface area contributed by atoms with E-state index in [4.69, 9.17) is 0 Å². The van der Waals surface area contributed by atoms with Crippen LogP contribution >= 0.6 is 0 Å². The van der Waals surface area contributed by atoms with Crippen LogP contribution in [-0.2, 0) is 16.2 Å². The highest BCUT2D eigenvalue weighted by atomic mass is 32.2. The molecule has 2 aromatic rings. The summed E-state index contributed by atoms with van der Waals surface area (Å²) in [7, 11) is -3.91. The highest BCUT2D eigenvalue weighted by Gasteiger charge is 2.33. The van der Waals surface area contributed by atoms with E-state index in [0.29, 0.717) is 5.56 Å². The lowest BCUT2D eigenvalue weighted by Gasteiger charge is -2.34. The first kappa shape index (κ1) is 19.4. The lowest BCUT2D eigenvalue weighted by Crippen LogP contribution is -2.50. The van der Waals surface area contributed by atoms with Gasteiger partial charge < -0.3 is 4.90 Å². The third-order valence-electron chi connectivity index (χ3n) is 4.37. The van der Waals surface area contributed by atoms with Gasteiger partial charge in [-0.15, -0.1) is 0 Å². The maximum Gasteiger partial charge on any atom is 0.416 e. The summed E-state index contributed by atoms with van der Waals surface area (Å²) < 4.78 is 64.4. The minimum Gasteiger partial charge on any atom is -0.336 e. The fourth-order valence-electron chi connectivity index (χ4n) is 2.86. The molecule has 1 fully saturated rings. The fourth-order valence-corrected chi connectivity index (χ4v) is 4.28. The highest BCUT2D eigenvalue weighted by Crippen LogP contribution is 2.30. The van der Waals surface area contributed by atoms with Crippen molar-refractivity contribution >= 4 is 15.9 Å². The van der Waals surface area contributed by atoms with Crippen LogP contribution in [0, 0.1) is 0 Å². The van der Waals surface area contributed by atoms with Gasteiger partial charge in [0.15, 0.2) is 0 Å². The van der Waals surface area contributed by atoms with E-state index in [1.165, 1.54) is 4.31 Å². The Kier molecular flexibility index (Phi) is 5.25. The van der Waals surface area contributed by atoms with E-state index in [9.17, 15) is 26.4 Å². The number of benzene rings is 2. The van der Waals surface area contributed by atoms with Crippen molar-refractivity contribution in [3.63, 3.8) is 0 Å². The van der Waals surface area contributed by atoms with E-state index in [1.807, 2.05) is 0 Å². The Bertz CT molecular complexity index is 905. The predicted molar refractivity (Wildman–Crippen MR) is 92.5 cm³/mol. The van der Waals surface area contributed by atoms with Gasteiger partial charge in [-0.25, -0.2) is 8.42 Å². The summed E-state index contributed by atoms with van der Waals surface area (Å²) in [5.41, 5.74) is -0.378. The van der Waals surface area contributed by atoms with Crippen LogP contribution in [0.1, 0.15) is 15.9 Å². The van der Waals surface area contributed by atoms with E-state index in [1.54, 1.807) is 35.2 Å². The van der Waals surface area contributed by atoms with Crippen LogP contribution in [0.5, 0.6) is 0 Å². The molecule has 0 aliphatic carbocycles. The molecule has 1 aliphatic rings. The number of halogens is 3. The van der Waals surface area contributed by atoms with Crippen molar-refractivity contribution < 1.29 is 26.4 Å². The number of carbonyl (C=O) groups excluding carboxylic acids is 1. The predicted octanol–water partition coefficient (Wildman–Crippen LogP) is 2.85. The molecule has 0 N–H and O–H groups in total. The van der Waals surface area contributed by atoms with Crippen LogP contribution in [0.15, 0.2) is 59.5 Å². The van der Waals surface area contributed by atoms with Crippen molar-refractivity contribution in [3.8, 4) is 0 Å². The Morgan fingerprint density at radius 2 is 1.41 bits per heavy atom. The average molecular weight is 398 g/mol. The lowest BCUT2D eigenvalue weighted by atomic mass is 10.2. The van der Waals surface area contributed by atoms with Gasteiger partial charge in [0.2, 0.25) is 10.0 Å². The van der Waals surface area contributed by atoms with Crippen LogP contribution in [-0.4, -0.2) is 49.7 Å². The molecule has 0 radical (unpaired) electrons. The van der Waals surface area contributed by atoms with E-state index in [-0.39, 0.29) is 37.0 Å². The molecule has 144 valence electrons. The second-order valence-electron chi connectivity index (χ2n) is 6.08. The Hall–Kier alpha value is -2.39. The standard InChI is InChI=1S/C18H17F3N2O3S/c19-18(20,21)15-6-8-16(9-7-15)27(25,26)23-12-10-22(11-13-23)17(24)14-4-2-1-3-5-14/h1-9H,10-13H2. The molecule has 0 aromatic heterocycles. The van der Waals surface area contributed by atoms with Gasteiger partial charge in [0.05, 0.1) is 10.5 Å². The largest absolute Gasteiger partial charge is 0.416 e. The molecule has 3 rings (SSSR count). The second kappa shape index (κ2) is 7.32. The molecule has 2 aromatic carbocycles. The normalized spacial score (nSPS) is 16.3. The number of hydrogen-bond donors (Lipinski definition) is 0. The SMILES string of the molecule is O=C(c1ccccc1)N1CCN(S(=O)(=O)c2ccc(C(F)(F)F)cc2)CC1. The number of amides is 1. The maximum atomic E-state index is 12.6. The zero-order valence-corrected chi connectivity index (χ0v) is 15.0. The van der Waals surface area contributed by atoms with E-state index in [2.05, 4.69) is 0 Å². The van der Waals surface area contributed by atoms with Crippen molar-refractivity contribution in [3.05, 3.63) is 65.7 Å². The Morgan fingerprint density at radius 3 is 1.93 bits per heavy atom. The number of carbonyl (C=O) groups is 1. The fraction of sp³-hybridized carbons (Fsp3) is 0.278. The molecule has 9 heteroatoms. The van der Waals surface area contributed by atoms with E-state index in [0.717, 1.165) is 24.3 Å². The number of hydrogen-bond acceptors (Lipinski definition) is 3. The van der Waals surface area contributed by atoms with Crippen molar-refractivity contribution in [2.75, 3.05) is 26.2 Å². The van der Waals surface area contributed by atoms with Gasteiger partial charge in [-0.1, -0.05) is 18.2 Å². The quantitative estimate of drug-likeness (QED) is 0.799. The maximum absolute atomic E-state index is 12.6. The molecule has 1 saturated heterocycles. The van der Waals surface area contributed by atoms with Crippen LogP contribution < -0.4 is 0 Å². The van der Waals surface area contributed by atoms with Crippen LogP contribution in [0.4, 0.5) is 13.2 Å². The molecular formula is C18H17F3N2O3S. The minimum absolute atomic E-state index is 0.0852. The summed E-state index contributed by atoms with van der Waals surface area (Å²) in [5, 5.41) is 0. The Balaban J connectivity index is 1.69. The second-order valence-corrected chi connectivity index (χ2v) is 8.02. The summed E-state index contributed by atoms with van der Waals surface area (Å²) in [6, 6.07) is 12.1. The number of piperazine rings is 1. The Morgan fingerprint density at radius 1 is 0.852 bits per heavy atom. The number of alkyl halides is 3. The van der Waals surface area contributed by atoms with Crippen molar-refractivity contribution in [2.45, 2.75) is 11.1 Å². The number of rotatable bonds is 3. The van der Waals surface area contributed by atoms with Gasteiger partial charge in [0.1, 0.15) is 0 Å². The first-order valence-electron chi connectivity index (χ1n) is 8.21. The van der Waals surface area contributed by atoms with E-state index < -0.39 is 21.8 Å². The summed E-state index contributed by atoms with van der Waals surface area (Å²) in [4.78, 5) is 13.8. The van der Waals surface area contributed by atoms with Gasteiger partial charge in [-0.2, -0.15) is 17.5 Å². The molecule has 0 atom stereocenters. The number of sulfonamides is 1. The van der Waals surface area contributed by atoms with Crippen molar-refractivity contribution in [2.24, 2.45) is 0 Å². The average Bonchev–Trinajstić information content (AvgIpc) is 2.67. The summed E-state index contributed by atoms with van der Waals surface area (Å²) in [6.07, 6.45) is -4.52. The van der Waals surface area contributed by atoms with Gasteiger partial charge in [0.25, 0.3) is 5.91 Å². The molecular weight excluding hydrogens is 381 g/mol. The molecule has 1 aliphatic heterocycles.